The molecule has 8 nitrogen and oxygen atoms in total. The van der Waals surface area contributed by atoms with E-state index in [1.807, 2.05) is 59.5 Å². The van der Waals surface area contributed by atoms with Crippen molar-refractivity contribution in [3.05, 3.63) is 83.4 Å². The van der Waals surface area contributed by atoms with Gasteiger partial charge in [-0.3, -0.25) is 4.79 Å². The molecule has 9 heteroatoms. The normalized spacial score (nSPS) is 18.0. The number of carbonyl (C=O) groups is 1. The maximum Gasteiger partial charge on any atom is 0.250 e. The van der Waals surface area contributed by atoms with Crippen LogP contribution in [0.25, 0.3) is 17.2 Å². The van der Waals surface area contributed by atoms with E-state index in [9.17, 15) is 18.3 Å². The first kappa shape index (κ1) is 30.5. The van der Waals surface area contributed by atoms with Gasteiger partial charge in [0, 0.05) is 37.3 Å². The highest BCUT2D eigenvalue weighted by molar-refractivity contribution is 7.92. The molecule has 1 amide bonds. The fraction of sp³-hybridized carbons (Fsp3) is 0.353. The molecule has 0 aromatic heterocycles. The maximum absolute atomic E-state index is 13.7. The Hall–Kier alpha value is -3.95. The number of carbonyl (C=O) groups excluding carboxylic acids is 1. The summed E-state index contributed by atoms with van der Waals surface area (Å²) in [6, 6.07) is 20.5. The number of ether oxygens (including phenoxy) is 1. The number of hydrogen-bond donors (Lipinski definition) is 2. The van der Waals surface area contributed by atoms with Gasteiger partial charge in [0.05, 0.1) is 22.9 Å². The van der Waals surface area contributed by atoms with Gasteiger partial charge in [-0.25, -0.2) is 13.4 Å². The second-order valence-electron chi connectivity index (χ2n) is 11.3. The van der Waals surface area contributed by atoms with E-state index >= 15 is 0 Å². The molecule has 5 rings (SSSR count). The summed E-state index contributed by atoms with van der Waals surface area (Å²) < 4.78 is 31.6. The average Bonchev–Trinajstić information content (AvgIpc) is 3.16. The molecule has 0 saturated heterocycles. The van der Waals surface area contributed by atoms with Crippen LogP contribution in [-0.2, 0) is 21.1 Å². The number of aliphatic hydroxyl groups excluding tert-OH is 1. The van der Waals surface area contributed by atoms with E-state index < -0.39 is 15.1 Å². The van der Waals surface area contributed by atoms with Crippen LogP contribution in [0.2, 0.25) is 0 Å². The molecular formula is C34H39N3O5S. The summed E-state index contributed by atoms with van der Waals surface area (Å²) in [5, 5.41) is 8.85. The molecule has 3 aromatic carbocycles. The summed E-state index contributed by atoms with van der Waals surface area (Å²) in [7, 11) is -1.84. The van der Waals surface area contributed by atoms with Gasteiger partial charge in [-0.05, 0) is 84.7 Å². The van der Waals surface area contributed by atoms with E-state index in [0.717, 1.165) is 40.8 Å². The van der Waals surface area contributed by atoms with Crippen molar-refractivity contribution < 1.29 is 23.1 Å². The standard InChI is InChI=1S/C34H39N3O5S/c1-3-14-37(15-13-23-7-11-29(42-2)12-8-23)34(39)28-18-27-10-9-26(20-32(27)36-33(35)21-28)25-5-4-6-30(19-25)43(40,41)31-16-24(17-31)22-38/h4-12,18-20,24,31,38H,3,13-17,21-22H2,1-2H3,(H2,35,36). The van der Waals surface area contributed by atoms with Crippen LogP contribution in [0.1, 0.15) is 43.7 Å². The Labute approximate surface area is 253 Å². The van der Waals surface area contributed by atoms with Crippen molar-refractivity contribution in [3.8, 4) is 16.9 Å². The fourth-order valence-electron chi connectivity index (χ4n) is 5.67. The number of amides is 1. The van der Waals surface area contributed by atoms with Gasteiger partial charge in [-0.1, -0.05) is 43.3 Å². The lowest BCUT2D eigenvalue weighted by Gasteiger charge is -2.33. The summed E-state index contributed by atoms with van der Waals surface area (Å²) >= 11 is 0. The molecule has 43 heavy (non-hydrogen) atoms. The lowest BCUT2D eigenvalue weighted by molar-refractivity contribution is -0.127. The number of amidine groups is 1. The summed E-state index contributed by atoms with van der Waals surface area (Å²) in [5.74, 6) is 1.15. The zero-order valence-corrected chi connectivity index (χ0v) is 25.5. The third kappa shape index (κ3) is 6.84. The fourth-order valence-corrected chi connectivity index (χ4v) is 7.67. The van der Waals surface area contributed by atoms with Crippen molar-refractivity contribution in [2.24, 2.45) is 16.6 Å². The third-order valence-electron chi connectivity index (χ3n) is 8.27. The number of rotatable bonds is 11. The highest BCUT2D eigenvalue weighted by Gasteiger charge is 2.39. The predicted molar refractivity (Wildman–Crippen MR) is 170 cm³/mol. The van der Waals surface area contributed by atoms with Crippen molar-refractivity contribution in [2.45, 2.75) is 49.2 Å². The number of sulfone groups is 1. The van der Waals surface area contributed by atoms with E-state index in [4.69, 9.17) is 10.5 Å². The molecule has 0 radical (unpaired) electrons. The number of hydrogen-bond acceptors (Lipinski definition) is 7. The smallest absolute Gasteiger partial charge is 0.250 e. The first-order valence-corrected chi connectivity index (χ1v) is 16.3. The average molecular weight is 602 g/mol. The van der Waals surface area contributed by atoms with Crippen molar-refractivity contribution in [1.29, 1.82) is 0 Å². The SMILES string of the molecule is CCCN(CCc1ccc(OC)cc1)C(=O)C1=Cc2ccc(-c3cccc(S(=O)(=O)C4CC(CO)C4)c3)cc2N=C(N)C1. The Morgan fingerprint density at radius 3 is 2.49 bits per heavy atom. The molecule has 1 aliphatic heterocycles. The summed E-state index contributed by atoms with van der Waals surface area (Å²) in [5.41, 5.74) is 11.0. The van der Waals surface area contributed by atoms with Gasteiger partial charge >= 0.3 is 0 Å². The van der Waals surface area contributed by atoms with E-state index in [-0.39, 0.29) is 29.7 Å². The van der Waals surface area contributed by atoms with Crippen molar-refractivity contribution in [3.63, 3.8) is 0 Å². The van der Waals surface area contributed by atoms with Gasteiger partial charge in [0.15, 0.2) is 9.84 Å². The van der Waals surface area contributed by atoms with Crippen LogP contribution in [-0.4, -0.2) is 62.2 Å². The minimum Gasteiger partial charge on any atom is -0.497 e. The van der Waals surface area contributed by atoms with Gasteiger partial charge in [0.2, 0.25) is 5.91 Å². The largest absolute Gasteiger partial charge is 0.497 e. The van der Waals surface area contributed by atoms with E-state index in [0.29, 0.717) is 43.0 Å². The number of aliphatic hydroxyl groups is 1. The molecule has 3 N–H and O–H groups in total. The number of benzene rings is 3. The molecule has 2 aliphatic rings. The Balaban J connectivity index is 1.36. The zero-order chi connectivity index (χ0) is 30.6. The quantitative estimate of drug-likeness (QED) is 0.313. The molecule has 1 saturated carbocycles. The first-order valence-electron chi connectivity index (χ1n) is 14.8. The molecular weight excluding hydrogens is 562 g/mol. The van der Waals surface area contributed by atoms with Crippen LogP contribution < -0.4 is 10.5 Å². The predicted octanol–water partition coefficient (Wildman–Crippen LogP) is 5.16. The summed E-state index contributed by atoms with van der Waals surface area (Å²) in [4.78, 5) is 20.5. The van der Waals surface area contributed by atoms with Crippen LogP contribution >= 0.6 is 0 Å². The molecule has 3 aromatic rings. The van der Waals surface area contributed by atoms with Crippen LogP contribution in [0.5, 0.6) is 5.75 Å². The number of fused-ring (bicyclic) bond motifs is 1. The van der Waals surface area contributed by atoms with Crippen LogP contribution in [0.15, 0.2) is 82.2 Å². The van der Waals surface area contributed by atoms with Gasteiger partial charge in [0.1, 0.15) is 11.6 Å². The maximum atomic E-state index is 13.7. The van der Waals surface area contributed by atoms with E-state index in [1.54, 1.807) is 25.3 Å². The third-order valence-corrected chi connectivity index (χ3v) is 10.4. The molecule has 1 fully saturated rings. The Morgan fingerprint density at radius 2 is 1.79 bits per heavy atom. The summed E-state index contributed by atoms with van der Waals surface area (Å²) in [6.45, 7) is 3.29. The molecule has 0 spiro atoms. The van der Waals surface area contributed by atoms with Crippen LogP contribution in [0.3, 0.4) is 0 Å². The van der Waals surface area contributed by atoms with Crippen LogP contribution in [0.4, 0.5) is 5.69 Å². The topological polar surface area (TPSA) is 122 Å². The molecule has 0 atom stereocenters. The molecule has 1 aliphatic carbocycles. The Kier molecular flexibility index (Phi) is 9.32. The molecule has 0 bridgehead atoms. The minimum absolute atomic E-state index is 0.0208. The van der Waals surface area contributed by atoms with Crippen molar-refractivity contribution in [1.82, 2.24) is 4.90 Å². The monoisotopic (exact) mass is 601 g/mol. The summed E-state index contributed by atoms with van der Waals surface area (Å²) in [6.07, 6.45) is 4.65. The van der Waals surface area contributed by atoms with E-state index in [1.165, 1.54) is 0 Å². The number of aliphatic imine (C=N–C) groups is 1. The second-order valence-corrected chi connectivity index (χ2v) is 13.6. The van der Waals surface area contributed by atoms with Gasteiger partial charge < -0.3 is 20.5 Å². The number of nitrogens with zero attached hydrogens (tertiary/aromatic N) is 2. The lowest BCUT2D eigenvalue weighted by atomic mass is 9.86. The van der Waals surface area contributed by atoms with E-state index in [2.05, 4.69) is 11.9 Å². The number of nitrogens with two attached hydrogens (primary N) is 1. The lowest BCUT2D eigenvalue weighted by Crippen LogP contribution is -2.37. The Morgan fingerprint density at radius 1 is 1.05 bits per heavy atom. The van der Waals surface area contributed by atoms with Gasteiger partial charge in [0.25, 0.3) is 0 Å². The second kappa shape index (κ2) is 13.1. The number of methoxy groups -OCH3 is 1. The van der Waals surface area contributed by atoms with Gasteiger partial charge in [-0.2, -0.15) is 0 Å². The molecule has 1 heterocycles. The highest BCUT2D eigenvalue weighted by Crippen LogP contribution is 2.38. The Bertz CT molecular complexity index is 1640. The van der Waals surface area contributed by atoms with Crippen molar-refractivity contribution >= 4 is 33.3 Å². The first-order chi connectivity index (χ1) is 20.7. The van der Waals surface area contributed by atoms with Crippen LogP contribution in [0, 0.1) is 5.92 Å². The molecule has 0 unspecified atom stereocenters. The van der Waals surface area contributed by atoms with Crippen molar-refractivity contribution in [2.75, 3.05) is 26.8 Å². The minimum atomic E-state index is -3.48. The van der Waals surface area contributed by atoms with Gasteiger partial charge in [-0.15, -0.1) is 0 Å². The molecule has 226 valence electrons. The zero-order valence-electron chi connectivity index (χ0n) is 24.7. The highest BCUT2D eigenvalue weighted by atomic mass is 32.2.